The molecule has 7 heteroatoms. The van der Waals surface area contributed by atoms with Crippen molar-refractivity contribution in [2.45, 2.75) is 26.7 Å². The lowest BCUT2D eigenvalue weighted by Crippen LogP contribution is -2.41. The predicted octanol–water partition coefficient (Wildman–Crippen LogP) is 3.17. The topological polar surface area (TPSA) is 95.5 Å². The van der Waals surface area contributed by atoms with Gasteiger partial charge < -0.3 is 20.0 Å². The predicted molar refractivity (Wildman–Crippen MR) is 109 cm³/mol. The van der Waals surface area contributed by atoms with Crippen LogP contribution in [0.25, 0.3) is 11.1 Å². The number of esters is 1. The number of hydrogen-bond acceptors (Lipinski definition) is 6. The van der Waals surface area contributed by atoms with Crippen molar-refractivity contribution < 1.29 is 24.2 Å². The van der Waals surface area contributed by atoms with E-state index in [0.29, 0.717) is 17.0 Å². The van der Waals surface area contributed by atoms with Crippen LogP contribution in [0.5, 0.6) is 0 Å². The van der Waals surface area contributed by atoms with Gasteiger partial charge in [0.05, 0.1) is 12.5 Å². The first kappa shape index (κ1) is 20.8. The fourth-order valence-corrected chi connectivity index (χ4v) is 4.41. The summed E-state index contributed by atoms with van der Waals surface area (Å²) in [5.74, 6) is -3.84. The quantitative estimate of drug-likeness (QED) is 0.581. The molecule has 29 heavy (non-hydrogen) atoms. The van der Waals surface area contributed by atoms with Crippen molar-refractivity contribution >= 4 is 34.2 Å². The fourth-order valence-electron chi connectivity index (χ4n) is 3.45. The molecular formula is C22H22NO5S-. The Morgan fingerprint density at radius 2 is 1.93 bits per heavy atom. The number of rotatable bonds is 6. The fraction of sp³-hybridized carbons (Fsp3) is 0.318. The molecule has 3 rings (SSSR count). The zero-order valence-electron chi connectivity index (χ0n) is 16.3. The lowest BCUT2D eigenvalue weighted by molar-refractivity contribution is -0.313. The van der Waals surface area contributed by atoms with Gasteiger partial charge in [0.1, 0.15) is 10.6 Å². The molecule has 0 bridgehead atoms. The van der Waals surface area contributed by atoms with Crippen LogP contribution in [-0.2, 0) is 14.3 Å². The zero-order chi connectivity index (χ0) is 21.0. The highest BCUT2D eigenvalue weighted by Gasteiger charge is 2.31. The van der Waals surface area contributed by atoms with Gasteiger partial charge in [0.2, 0.25) is 5.91 Å². The molecule has 0 saturated heterocycles. The number of anilines is 1. The maximum atomic E-state index is 12.8. The Hall–Kier alpha value is -2.93. The second-order valence-corrected chi connectivity index (χ2v) is 7.79. The van der Waals surface area contributed by atoms with Crippen LogP contribution in [0.4, 0.5) is 5.00 Å². The van der Waals surface area contributed by atoms with Crippen LogP contribution in [0.3, 0.4) is 0 Å². The van der Waals surface area contributed by atoms with Gasteiger partial charge in [-0.2, -0.15) is 0 Å². The second-order valence-electron chi connectivity index (χ2n) is 6.91. The summed E-state index contributed by atoms with van der Waals surface area (Å²) in [6.45, 7) is 3.88. The summed E-state index contributed by atoms with van der Waals surface area (Å²) in [7, 11) is 0. The van der Waals surface area contributed by atoms with Crippen molar-refractivity contribution in [3.63, 3.8) is 0 Å². The maximum absolute atomic E-state index is 12.8. The SMILES string of the molecule is CCOC(=O)c1c(-c2cccc(C)c2)csc1NC(=O)[C@@H]1CC=CC[C@H]1C(=O)[O-]. The van der Waals surface area contributed by atoms with Crippen LogP contribution in [0.2, 0.25) is 0 Å². The van der Waals surface area contributed by atoms with Crippen LogP contribution in [0.1, 0.15) is 35.7 Å². The molecule has 1 aliphatic rings. The lowest BCUT2D eigenvalue weighted by atomic mass is 9.82. The van der Waals surface area contributed by atoms with E-state index in [2.05, 4.69) is 5.32 Å². The number of nitrogens with one attached hydrogen (secondary N) is 1. The summed E-state index contributed by atoms with van der Waals surface area (Å²) in [6.07, 6.45) is 4.11. The molecule has 1 N–H and O–H groups in total. The Kier molecular flexibility index (Phi) is 6.49. The number of hydrogen-bond donors (Lipinski definition) is 1. The number of carbonyl (C=O) groups is 3. The lowest BCUT2D eigenvalue weighted by Gasteiger charge is -2.28. The molecule has 1 aromatic carbocycles. The molecule has 0 aliphatic heterocycles. The summed E-state index contributed by atoms with van der Waals surface area (Å²) in [6, 6.07) is 7.70. The number of carbonyl (C=O) groups excluding carboxylic acids is 3. The van der Waals surface area contributed by atoms with Crippen molar-refractivity contribution in [3.05, 3.63) is 52.9 Å². The normalized spacial score (nSPS) is 18.3. The van der Waals surface area contributed by atoms with Gasteiger partial charge in [-0.25, -0.2) is 4.79 Å². The second kappa shape index (κ2) is 9.05. The maximum Gasteiger partial charge on any atom is 0.341 e. The number of carboxylic acid groups (broad SMARTS) is 1. The first-order valence-corrected chi connectivity index (χ1v) is 10.3. The van der Waals surface area contributed by atoms with Crippen molar-refractivity contribution in [2.75, 3.05) is 11.9 Å². The largest absolute Gasteiger partial charge is 0.550 e. The molecule has 1 amide bonds. The minimum Gasteiger partial charge on any atom is -0.550 e. The molecular weight excluding hydrogens is 390 g/mol. The highest BCUT2D eigenvalue weighted by Crippen LogP contribution is 2.37. The molecule has 0 unspecified atom stereocenters. The number of amides is 1. The van der Waals surface area contributed by atoms with E-state index in [1.807, 2.05) is 31.2 Å². The Morgan fingerprint density at radius 3 is 2.59 bits per heavy atom. The third-order valence-electron chi connectivity index (χ3n) is 4.91. The highest BCUT2D eigenvalue weighted by atomic mass is 32.1. The Bertz CT molecular complexity index is 962. The van der Waals surface area contributed by atoms with E-state index in [9.17, 15) is 19.5 Å². The number of carboxylic acids is 1. The van der Waals surface area contributed by atoms with Crippen LogP contribution in [-0.4, -0.2) is 24.5 Å². The summed E-state index contributed by atoms with van der Waals surface area (Å²) < 4.78 is 5.21. The van der Waals surface area contributed by atoms with E-state index >= 15 is 0 Å². The number of thiophene rings is 1. The molecule has 1 aromatic heterocycles. The third kappa shape index (κ3) is 4.56. The number of aryl methyl sites for hydroxylation is 1. The molecule has 0 saturated carbocycles. The molecule has 1 heterocycles. The third-order valence-corrected chi connectivity index (χ3v) is 5.80. The number of aliphatic carboxylic acids is 1. The van der Waals surface area contributed by atoms with Crippen molar-refractivity contribution in [1.29, 1.82) is 0 Å². The molecule has 2 atom stereocenters. The van der Waals surface area contributed by atoms with Crippen LogP contribution in [0.15, 0.2) is 41.8 Å². The molecule has 6 nitrogen and oxygen atoms in total. The van der Waals surface area contributed by atoms with Gasteiger partial charge in [0, 0.05) is 22.8 Å². The summed E-state index contributed by atoms with van der Waals surface area (Å²) >= 11 is 1.22. The van der Waals surface area contributed by atoms with E-state index in [1.54, 1.807) is 24.5 Å². The smallest absolute Gasteiger partial charge is 0.341 e. The van der Waals surface area contributed by atoms with Gasteiger partial charge in [-0.3, -0.25) is 4.79 Å². The van der Waals surface area contributed by atoms with Crippen LogP contribution in [0, 0.1) is 18.8 Å². The number of benzene rings is 1. The van der Waals surface area contributed by atoms with Gasteiger partial charge >= 0.3 is 5.97 Å². The van der Waals surface area contributed by atoms with Crippen molar-refractivity contribution in [3.8, 4) is 11.1 Å². The summed E-state index contributed by atoms with van der Waals surface area (Å²) in [5, 5.41) is 16.3. The highest BCUT2D eigenvalue weighted by molar-refractivity contribution is 7.15. The first-order chi connectivity index (χ1) is 13.9. The van der Waals surface area contributed by atoms with E-state index in [-0.39, 0.29) is 18.6 Å². The van der Waals surface area contributed by atoms with Crippen LogP contribution >= 0.6 is 11.3 Å². The van der Waals surface area contributed by atoms with Gasteiger partial charge in [0.25, 0.3) is 0 Å². The van der Waals surface area contributed by atoms with E-state index < -0.39 is 29.7 Å². The number of ether oxygens (including phenoxy) is 1. The Morgan fingerprint density at radius 1 is 1.21 bits per heavy atom. The molecule has 2 aromatic rings. The molecule has 152 valence electrons. The standard InChI is InChI=1S/C22H23NO5S/c1-3-28-22(27)18-17(14-8-6-7-13(2)11-14)12-29-20(18)23-19(24)15-9-4-5-10-16(15)21(25)26/h4-8,11-12,15-16H,3,9-10H2,1-2H3,(H,23,24)(H,25,26)/p-1/t15-,16-/m1/s1. The molecule has 0 fully saturated rings. The zero-order valence-corrected chi connectivity index (χ0v) is 17.1. The van der Waals surface area contributed by atoms with Gasteiger partial charge in [0.15, 0.2) is 0 Å². The summed E-state index contributed by atoms with van der Waals surface area (Å²) in [4.78, 5) is 36.9. The monoisotopic (exact) mass is 412 g/mol. The van der Waals surface area contributed by atoms with Gasteiger partial charge in [-0.05, 0) is 32.3 Å². The Balaban J connectivity index is 1.94. The molecule has 0 spiro atoms. The van der Waals surface area contributed by atoms with E-state index in [0.717, 1.165) is 11.1 Å². The van der Waals surface area contributed by atoms with E-state index in [1.165, 1.54) is 11.3 Å². The van der Waals surface area contributed by atoms with Gasteiger partial charge in [-0.15, -0.1) is 11.3 Å². The van der Waals surface area contributed by atoms with Crippen molar-refractivity contribution in [2.24, 2.45) is 11.8 Å². The number of allylic oxidation sites excluding steroid dienone is 2. The minimum atomic E-state index is -1.24. The summed E-state index contributed by atoms with van der Waals surface area (Å²) in [5.41, 5.74) is 2.84. The average Bonchev–Trinajstić information content (AvgIpc) is 3.11. The van der Waals surface area contributed by atoms with E-state index in [4.69, 9.17) is 4.74 Å². The molecule has 1 aliphatic carbocycles. The Labute approximate surface area is 173 Å². The minimum absolute atomic E-state index is 0.204. The van der Waals surface area contributed by atoms with Crippen LogP contribution < -0.4 is 10.4 Å². The van der Waals surface area contributed by atoms with Gasteiger partial charge in [-0.1, -0.05) is 42.0 Å². The average molecular weight is 412 g/mol. The van der Waals surface area contributed by atoms with Crippen molar-refractivity contribution in [1.82, 2.24) is 0 Å². The first-order valence-electron chi connectivity index (χ1n) is 9.44. The molecule has 0 radical (unpaired) electrons.